The van der Waals surface area contributed by atoms with Gasteiger partial charge in [-0.1, -0.05) is 26.8 Å². The Morgan fingerprint density at radius 3 is 2.53 bits per heavy atom. The van der Waals surface area contributed by atoms with E-state index in [4.69, 9.17) is 9.84 Å². The molecule has 1 rings (SSSR count). The summed E-state index contributed by atoms with van der Waals surface area (Å²) in [5.41, 5.74) is 1.29. The molecular formula is C13H17BrO3. The minimum absolute atomic E-state index is 0.00740. The number of halogens is 1. The zero-order chi connectivity index (χ0) is 13.1. The van der Waals surface area contributed by atoms with Crippen LogP contribution >= 0.6 is 15.9 Å². The summed E-state index contributed by atoms with van der Waals surface area (Å²) in [6.45, 7) is 6.60. The molecule has 0 aromatic heterocycles. The van der Waals surface area contributed by atoms with E-state index in [1.807, 2.05) is 18.2 Å². The van der Waals surface area contributed by atoms with Gasteiger partial charge in [-0.2, -0.15) is 0 Å². The van der Waals surface area contributed by atoms with E-state index in [2.05, 4.69) is 36.7 Å². The van der Waals surface area contributed by atoms with Gasteiger partial charge < -0.3 is 9.84 Å². The van der Waals surface area contributed by atoms with Gasteiger partial charge in [0, 0.05) is 0 Å². The average molecular weight is 301 g/mol. The highest BCUT2D eigenvalue weighted by atomic mass is 79.9. The minimum atomic E-state index is -0.854. The van der Waals surface area contributed by atoms with Crippen molar-refractivity contribution >= 4 is 21.9 Å². The molecule has 0 spiro atoms. The lowest BCUT2D eigenvalue weighted by atomic mass is 9.87. The first-order chi connectivity index (χ1) is 7.80. The third kappa shape index (κ3) is 4.38. The standard InChI is InChI=1S/C13H17BrO3/c1-13(2,3)9-4-5-11(10(14)8-9)17-7-6-12(15)16/h4-5,8H,6-7H2,1-3H3,(H,15,16). The van der Waals surface area contributed by atoms with Crippen molar-refractivity contribution in [1.29, 1.82) is 0 Å². The first-order valence-electron chi connectivity index (χ1n) is 5.45. The second kappa shape index (κ2) is 5.54. The maximum atomic E-state index is 10.4. The van der Waals surface area contributed by atoms with Crippen molar-refractivity contribution < 1.29 is 14.6 Å². The van der Waals surface area contributed by atoms with Crippen molar-refractivity contribution in [2.24, 2.45) is 0 Å². The number of benzene rings is 1. The lowest BCUT2D eigenvalue weighted by molar-refractivity contribution is -0.137. The number of hydrogen-bond donors (Lipinski definition) is 1. The second-order valence-electron chi connectivity index (χ2n) is 4.89. The van der Waals surface area contributed by atoms with Crippen LogP contribution in [0.4, 0.5) is 0 Å². The third-order valence-corrected chi connectivity index (χ3v) is 2.99. The topological polar surface area (TPSA) is 46.5 Å². The summed E-state index contributed by atoms with van der Waals surface area (Å²) in [6.07, 6.45) is 0.00740. The lowest BCUT2D eigenvalue weighted by Gasteiger charge is -2.20. The van der Waals surface area contributed by atoms with Gasteiger partial charge in [0.15, 0.2) is 0 Å². The first-order valence-corrected chi connectivity index (χ1v) is 6.24. The molecule has 1 aromatic carbocycles. The SMILES string of the molecule is CC(C)(C)c1ccc(OCCC(=O)O)c(Br)c1. The van der Waals surface area contributed by atoms with Crippen LogP contribution in [-0.4, -0.2) is 17.7 Å². The lowest BCUT2D eigenvalue weighted by Crippen LogP contribution is -2.11. The van der Waals surface area contributed by atoms with E-state index < -0.39 is 5.97 Å². The molecule has 3 nitrogen and oxygen atoms in total. The molecule has 0 unspecified atom stereocenters. The van der Waals surface area contributed by atoms with Gasteiger partial charge in [0.25, 0.3) is 0 Å². The van der Waals surface area contributed by atoms with Crippen LogP contribution in [0.15, 0.2) is 22.7 Å². The molecule has 0 aliphatic rings. The Morgan fingerprint density at radius 1 is 1.41 bits per heavy atom. The molecule has 0 radical (unpaired) electrons. The highest BCUT2D eigenvalue weighted by Gasteiger charge is 2.15. The van der Waals surface area contributed by atoms with Gasteiger partial charge in [-0.3, -0.25) is 4.79 Å². The minimum Gasteiger partial charge on any atom is -0.492 e. The van der Waals surface area contributed by atoms with E-state index >= 15 is 0 Å². The van der Waals surface area contributed by atoms with E-state index in [-0.39, 0.29) is 18.4 Å². The fraction of sp³-hybridized carbons (Fsp3) is 0.462. The molecule has 0 heterocycles. The van der Waals surface area contributed by atoms with Crippen molar-refractivity contribution in [2.45, 2.75) is 32.6 Å². The summed E-state index contributed by atoms with van der Waals surface area (Å²) < 4.78 is 6.24. The van der Waals surface area contributed by atoms with Gasteiger partial charge in [0.05, 0.1) is 17.5 Å². The van der Waals surface area contributed by atoms with E-state index in [0.29, 0.717) is 5.75 Å². The van der Waals surface area contributed by atoms with Crippen LogP contribution in [0.3, 0.4) is 0 Å². The van der Waals surface area contributed by atoms with Crippen LogP contribution in [-0.2, 0) is 10.2 Å². The van der Waals surface area contributed by atoms with E-state index in [0.717, 1.165) is 4.47 Å². The smallest absolute Gasteiger partial charge is 0.306 e. The highest BCUT2D eigenvalue weighted by Crippen LogP contribution is 2.31. The van der Waals surface area contributed by atoms with Gasteiger partial charge >= 0.3 is 5.97 Å². The monoisotopic (exact) mass is 300 g/mol. The largest absolute Gasteiger partial charge is 0.492 e. The summed E-state index contributed by atoms with van der Waals surface area (Å²) in [5.74, 6) is -0.174. The van der Waals surface area contributed by atoms with Gasteiger partial charge in [0.1, 0.15) is 5.75 Å². The molecule has 0 aliphatic carbocycles. The van der Waals surface area contributed by atoms with Crippen LogP contribution in [0.5, 0.6) is 5.75 Å². The first kappa shape index (κ1) is 14.0. The highest BCUT2D eigenvalue weighted by molar-refractivity contribution is 9.10. The molecule has 0 saturated heterocycles. The normalized spacial score (nSPS) is 11.3. The van der Waals surface area contributed by atoms with Crippen molar-refractivity contribution in [3.63, 3.8) is 0 Å². The second-order valence-corrected chi connectivity index (χ2v) is 5.74. The van der Waals surface area contributed by atoms with Crippen LogP contribution in [0, 0.1) is 0 Å². The molecule has 4 heteroatoms. The fourth-order valence-corrected chi connectivity index (χ4v) is 1.83. The third-order valence-electron chi connectivity index (χ3n) is 2.37. The maximum absolute atomic E-state index is 10.4. The van der Waals surface area contributed by atoms with Crippen molar-refractivity contribution in [1.82, 2.24) is 0 Å². The summed E-state index contributed by atoms with van der Waals surface area (Å²) in [4.78, 5) is 10.4. The van der Waals surface area contributed by atoms with Crippen LogP contribution < -0.4 is 4.74 Å². The zero-order valence-corrected chi connectivity index (χ0v) is 11.9. The Balaban J connectivity index is 2.73. The average Bonchev–Trinajstić information content (AvgIpc) is 2.18. The molecule has 0 bridgehead atoms. The number of rotatable bonds is 4. The number of aliphatic carboxylic acids is 1. The van der Waals surface area contributed by atoms with E-state index in [9.17, 15) is 4.79 Å². The van der Waals surface area contributed by atoms with Gasteiger partial charge in [0.2, 0.25) is 0 Å². The fourth-order valence-electron chi connectivity index (χ4n) is 1.33. The van der Waals surface area contributed by atoms with E-state index in [1.165, 1.54) is 5.56 Å². The Labute approximate surface area is 110 Å². The number of carboxylic acids is 1. The maximum Gasteiger partial charge on any atom is 0.306 e. The van der Waals surface area contributed by atoms with Crippen molar-refractivity contribution in [3.05, 3.63) is 28.2 Å². The predicted octanol–water partition coefficient (Wildman–Crippen LogP) is 3.60. The quantitative estimate of drug-likeness (QED) is 0.924. The van der Waals surface area contributed by atoms with Gasteiger partial charge in [-0.15, -0.1) is 0 Å². The summed E-state index contributed by atoms with van der Waals surface area (Å²) in [6, 6.07) is 5.88. The van der Waals surface area contributed by atoms with E-state index in [1.54, 1.807) is 0 Å². The molecule has 0 fully saturated rings. The molecule has 0 atom stereocenters. The predicted molar refractivity (Wildman–Crippen MR) is 70.6 cm³/mol. The Hall–Kier alpha value is -1.03. The van der Waals surface area contributed by atoms with Crippen LogP contribution in [0.1, 0.15) is 32.8 Å². The van der Waals surface area contributed by atoms with Crippen molar-refractivity contribution in [3.8, 4) is 5.75 Å². The van der Waals surface area contributed by atoms with Gasteiger partial charge in [-0.05, 0) is 39.0 Å². The molecule has 1 aromatic rings. The Morgan fingerprint density at radius 2 is 2.06 bits per heavy atom. The number of ether oxygens (including phenoxy) is 1. The molecule has 0 aliphatic heterocycles. The molecule has 17 heavy (non-hydrogen) atoms. The number of hydrogen-bond acceptors (Lipinski definition) is 2. The van der Waals surface area contributed by atoms with Gasteiger partial charge in [-0.25, -0.2) is 0 Å². The zero-order valence-electron chi connectivity index (χ0n) is 10.3. The summed E-state index contributed by atoms with van der Waals surface area (Å²) >= 11 is 3.43. The summed E-state index contributed by atoms with van der Waals surface area (Å²) in [7, 11) is 0. The Kier molecular flexibility index (Phi) is 4.57. The molecule has 1 N–H and O–H groups in total. The molecule has 0 amide bonds. The Bertz CT molecular complexity index is 408. The van der Waals surface area contributed by atoms with Crippen molar-refractivity contribution in [2.75, 3.05) is 6.61 Å². The van der Waals surface area contributed by atoms with Crippen LogP contribution in [0.2, 0.25) is 0 Å². The molecule has 94 valence electrons. The van der Waals surface area contributed by atoms with Crippen LogP contribution in [0.25, 0.3) is 0 Å². The number of carboxylic acid groups (broad SMARTS) is 1. The molecule has 0 saturated carbocycles. The number of carbonyl (C=O) groups is 1. The summed E-state index contributed by atoms with van der Waals surface area (Å²) in [5, 5.41) is 8.52. The molecular weight excluding hydrogens is 284 g/mol.